The fraction of sp³-hybridized carbons (Fsp3) is 0. The first-order valence-electron chi connectivity index (χ1n) is 2.95. The van der Waals surface area contributed by atoms with E-state index in [-0.39, 0.29) is 22.8 Å². The summed E-state index contributed by atoms with van der Waals surface area (Å²) < 4.78 is 0.333. The van der Waals surface area contributed by atoms with E-state index in [1.165, 1.54) is 18.0 Å². The first kappa shape index (κ1) is 37.0. The molecule has 0 fully saturated rings. The quantitative estimate of drug-likeness (QED) is 0.170. The molecule has 0 aliphatic carbocycles. The van der Waals surface area contributed by atoms with Crippen molar-refractivity contribution in [2.24, 2.45) is 22.9 Å². The molecule has 5 nitrogen and oxygen atoms in total. The van der Waals surface area contributed by atoms with Crippen LogP contribution < -0.4 is 22.9 Å². The predicted octanol–water partition coefficient (Wildman–Crippen LogP) is -1.44. The zero-order chi connectivity index (χ0) is 16.3. The van der Waals surface area contributed by atoms with Crippen molar-refractivity contribution in [3.05, 3.63) is 0 Å². The van der Waals surface area contributed by atoms with Gasteiger partial charge in [-0.3, -0.25) is 0 Å². The molecule has 0 rings (SSSR count). The molecule has 0 radical (unpaired) electrons. The number of hydrogen-bond acceptors (Lipinski definition) is 9. The van der Waals surface area contributed by atoms with Crippen LogP contribution in [0, 0.1) is 0 Å². The van der Waals surface area contributed by atoms with E-state index in [1.807, 2.05) is 0 Å². The summed E-state index contributed by atoms with van der Waals surface area (Å²) in [6, 6.07) is 0. The molecule has 0 atom stereocenters. The van der Waals surface area contributed by atoms with Crippen molar-refractivity contribution in [2.75, 3.05) is 0 Å². The van der Waals surface area contributed by atoms with E-state index in [0.29, 0.717) is 0 Å². The first-order chi connectivity index (χ1) is 7.93. The van der Waals surface area contributed by atoms with Crippen LogP contribution in [0.15, 0.2) is 0 Å². The molecular weight excluding hydrogens is 505 g/mol. The summed E-state index contributed by atoms with van der Waals surface area (Å²) in [6.45, 7) is 0. The average molecular weight is 517 g/mol. The zero-order valence-corrected chi connectivity index (χ0v) is 18.5. The van der Waals surface area contributed by atoms with Gasteiger partial charge in [0.05, 0.1) is 0 Å². The maximum atomic E-state index is 4.66. The topological polar surface area (TPSA) is 139 Å². The minimum atomic E-state index is 0. The fourth-order valence-corrected chi connectivity index (χ4v) is 0. The van der Waals surface area contributed by atoms with Gasteiger partial charge in [-0.15, -0.1) is 0 Å². The molecule has 114 valence electrons. The van der Waals surface area contributed by atoms with Gasteiger partial charge in [0.15, 0.2) is 0 Å². The molecule has 12 N–H and O–H groups in total. The Balaban J connectivity index is -0.0000000279. The van der Waals surface area contributed by atoms with E-state index in [0.717, 1.165) is 0 Å². The van der Waals surface area contributed by atoms with Crippen LogP contribution in [0.4, 0.5) is 0 Å². The molecule has 0 heterocycles. The van der Waals surface area contributed by atoms with Crippen LogP contribution in [-0.2, 0) is 74.0 Å². The summed E-state index contributed by atoms with van der Waals surface area (Å²) in [5.74, 6) is 0. The van der Waals surface area contributed by atoms with Crippen LogP contribution >= 0.6 is 58.7 Å². The second-order valence-electron chi connectivity index (χ2n) is 1.28. The van der Waals surface area contributed by atoms with Crippen LogP contribution in [0.3, 0.4) is 0 Å². The third kappa shape index (κ3) is 3380. The van der Waals surface area contributed by atoms with Gasteiger partial charge in [0.2, 0.25) is 0 Å². The van der Waals surface area contributed by atoms with Crippen LogP contribution in [0.25, 0.3) is 0 Å². The Labute approximate surface area is 171 Å². The van der Waals surface area contributed by atoms with Crippen LogP contribution in [0.2, 0.25) is 0 Å². The molecule has 0 saturated carbocycles. The molecule has 0 saturated heterocycles. The molecule has 15 heteroatoms. The average Bonchev–Trinajstić information content (AvgIpc) is 2.01. The van der Waals surface area contributed by atoms with E-state index in [9.17, 15) is 0 Å². The molecule has 0 unspecified atom stereocenters. The maximum absolute atomic E-state index is 4.66. The van der Waals surface area contributed by atoms with Crippen molar-refractivity contribution in [3.63, 3.8) is 0 Å². The third-order valence-electron chi connectivity index (χ3n) is 0. The second kappa shape index (κ2) is 36.5. The summed E-state index contributed by atoms with van der Waals surface area (Å²) in [4.78, 5) is 0. The van der Waals surface area contributed by atoms with Gasteiger partial charge in [0.1, 0.15) is 0 Å². The summed E-state index contributed by atoms with van der Waals surface area (Å²) >= 11 is 34.6. The molecule has 0 aromatic rings. The van der Waals surface area contributed by atoms with Crippen molar-refractivity contribution in [2.45, 2.75) is 0 Å². The van der Waals surface area contributed by atoms with Gasteiger partial charge in [-0.1, -0.05) is 17.3 Å². The van der Waals surface area contributed by atoms with E-state index >= 15 is 0 Å². The molecule has 0 aliphatic heterocycles. The Morgan fingerprint density at radius 3 is 0.579 bits per heavy atom. The molecule has 0 aromatic heterocycles. The Hall–Kier alpha value is 1.31. The molecule has 0 aromatic carbocycles. The van der Waals surface area contributed by atoms with Gasteiger partial charge in [-0.2, -0.15) is 0 Å². The van der Waals surface area contributed by atoms with Gasteiger partial charge in [-0.05, 0) is 0 Å². The fourth-order valence-electron chi connectivity index (χ4n) is 0. The van der Waals surface area contributed by atoms with Crippen molar-refractivity contribution in [3.8, 4) is 0 Å². The Morgan fingerprint density at radius 1 is 0.579 bits per heavy atom. The second-order valence-corrected chi connectivity index (χ2v) is 5.83. The van der Waals surface area contributed by atoms with Crippen molar-refractivity contribution in [1.82, 2.24) is 0 Å². The van der Waals surface area contributed by atoms with Gasteiger partial charge < -0.3 is 128 Å². The number of rotatable bonds is 0. The van der Waals surface area contributed by atoms with E-state index in [4.69, 9.17) is 0 Å². The van der Waals surface area contributed by atoms with Gasteiger partial charge >= 0.3 is 27.8 Å². The number of thiocarbonyl (C=S) groups is 4. The van der Waals surface area contributed by atoms with Gasteiger partial charge in [0, 0.05) is 0 Å². The molecular formula is C4H12MoN4OS9. The molecule has 0 spiro atoms. The Morgan fingerprint density at radius 2 is 0.579 bits per heavy atom. The van der Waals surface area contributed by atoms with Crippen molar-refractivity contribution >= 4 is 126 Å². The standard InChI is InChI=1S/4CH3NS2.Mo.H4O.S/c4*2-1(3)4;;;/h4*(H3,2,3,4);;1H4;/q;;;;2*+2;/p-4. The third-order valence-corrected chi connectivity index (χ3v) is 0. The van der Waals surface area contributed by atoms with Gasteiger partial charge in [-0.25, -0.2) is 0 Å². The van der Waals surface area contributed by atoms with E-state index in [2.05, 4.69) is 132 Å². The van der Waals surface area contributed by atoms with Crippen molar-refractivity contribution in [1.29, 1.82) is 0 Å². The molecule has 0 amide bonds. The van der Waals surface area contributed by atoms with E-state index in [1.54, 1.807) is 0 Å². The summed E-state index contributed by atoms with van der Waals surface area (Å²) in [7, 11) is 4.09. The molecule has 0 aliphatic rings. The Kier molecular flexibility index (Phi) is 71.1. The minimum absolute atomic E-state index is 0. The van der Waals surface area contributed by atoms with E-state index < -0.39 is 0 Å². The summed E-state index contributed by atoms with van der Waals surface area (Å²) in [5, 5.41) is 0. The van der Waals surface area contributed by atoms with Crippen LogP contribution in [0.5, 0.6) is 0 Å². The molecule has 19 heavy (non-hydrogen) atoms. The van der Waals surface area contributed by atoms with Crippen molar-refractivity contribution < 1.29 is 23.5 Å². The SMILES string of the molecule is NC(=S)[S-].NC(=S)[S-].NC(=S)[S-].NC(=S)[S-].[OH4+2].[S]=[Mo+2]. The predicted molar refractivity (Wildman–Crippen MR) is 110 cm³/mol. The summed E-state index contributed by atoms with van der Waals surface area (Å²) in [5.41, 5.74) is 18.6. The van der Waals surface area contributed by atoms with Crippen LogP contribution in [-0.4, -0.2) is 17.3 Å². The Bertz CT molecular complexity index is 188. The zero-order valence-electron chi connectivity index (χ0n) is 9.10. The number of hydrogen-bond donors (Lipinski definition) is 4. The normalized spacial score (nSPS) is 5.21. The first-order valence-corrected chi connectivity index (χ1v) is 9.01. The van der Waals surface area contributed by atoms with Gasteiger partial charge in [0.25, 0.3) is 0 Å². The summed E-state index contributed by atoms with van der Waals surface area (Å²) in [6.07, 6.45) is 0. The monoisotopic (exact) mass is 518 g/mol. The molecule has 0 bridgehead atoms. The van der Waals surface area contributed by atoms with Crippen LogP contribution in [0.1, 0.15) is 0 Å². The number of nitrogens with two attached hydrogens (primary N) is 4.